The van der Waals surface area contributed by atoms with Crippen LogP contribution in [0.3, 0.4) is 0 Å². The molecule has 1 aromatic heterocycles. The molecule has 2 heterocycles. The van der Waals surface area contributed by atoms with Crippen molar-refractivity contribution in [3.8, 4) is 0 Å². The molecule has 20 heavy (non-hydrogen) atoms. The van der Waals surface area contributed by atoms with Gasteiger partial charge in [-0.3, -0.25) is 15.2 Å². The molecule has 2 N–H and O–H groups in total. The van der Waals surface area contributed by atoms with Crippen LogP contribution in [0.4, 0.5) is 5.69 Å². The Labute approximate surface area is 120 Å². The number of rotatable bonds is 5. The first-order valence-electron chi connectivity index (χ1n) is 7.13. The molecular formula is C14H23N5O. The molecule has 1 aromatic rings. The minimum Gasteiger partial charge on any atom is -0.383 e. The molecule has 2 rings (SSSR count). The highest BCUT2D eigenvalue weighted by Gasteiger charge is 2.18. The van der Waals surface area contributed by atoms with E-state index in [2.05, 4.69) is 34.6 Å². The smallest absolute Gasteiger partial charge is 0.267 e. The Kier molecular flexibility index (Phi) is 5.31. The Hall–Kier alpha value is -1.66. The van der Waals surface area contributed by atoms with E-state index in [0.29, 0.717) is 5.56 Å². The van der Waals surface area contributed by atoms with Crippen molar-refractivity contribution >= 4 is 11.6 Å². The van der Waals surface area contributed by atoms with Gasteiger partial charge >= 0.3 is 0 Å². The van der Waals surface area contributed by atoms with Crippen molar-refractivity contribution in [1.29, 1.82) is 0 Å². The van der Waals surface area contributed by atoms with Gasteiger partial charge in [0.2, 0.25) is 0 Å². The lowest BCUT2D eigenvalue weighted by Crippen LogP contribution is -2.52. The third kappa shape index (κ3) is 3.91. The predicted molar refractivity (Wildman–Crippen MR) is 79.6 cm³/mol. The van der Waals surface area contributed by atoms with Crippen LogP contribution >= 0.6 is 0 Å². The summed E-state index contributed by atoms with van der Waals surface area (Å²) in [5.41, 5.74) is 4.41. The van der Waals surface area contributed by atoms with Gasteiger partial charge in [0, 0.05) is 38.9 Å². The van der Waals surface area contributed by atoms with Crippen LogP contribution in [-0.4, -0.2) is 60.6 Å². The van der Waals surface area contributed by atoms with Gasteiger partial charge in [0.15, 0.2) is 0 Å². The summed E-state index contributed by atoms with van der Waals surface area (Å²) >= 11 is 0. The van der Waals surface area contributed by atoms with Crippen molar-refractivity contribution in [3.63, 3.8) is 0 Å². The first-order chi connectivity index (χ1) is 9.70. The summed E-state index contributed by atoms with van der Waals surface area (Å²) in [5, 5.41) is 5.22. The Morgan fingerprint density at radius 2 is 2.10 bits per heavy atom. The average Bonchev–Trinajstić information content (AvgIpc) is 2.47. The van der Waals surface area contributed by atoms with Gasteiger partial charge in [0.25, 0.3) is 5.91 Å². The van der Waals surface area contributed by atoms with Crippen LogP contribution in [0, 0.1) is 0 Å². The van der Waals surface area contributed by atoms with Crippen LogP contribution < -0.4 is 10.7 Å². The standard InChI is InChI=1S/C14H23N5O/c1-3-5-16-13-11-15-6-4-12(13)14(20)17-19-9-7-18(2)8-10-19/h4,6,11,16H,3,5,7-10H2,1-2H3,(H,17,20). The molecule has 0 saturated carbocycles. The number of nitrogens with zero attached hydrogens (tertiary/aromatic N) is 3. The van der Waals surface area contributed by atoms with E-state index in [-0.39, 0.29) is 5.91 Å². The Morgan fingerprint density at radius 3 is 2.80 bits per heavy atom. The van der Waals surface area contributed by atoms with Gasteiger partial charge < -0.3 is 10.2 Å². The average molecular weight is 277 g/mol. The van der Waals surface area contributed by atoms with Crippen molar-refractivity contribution in [2.75, 3.05) is 45.1 Å². The highest BCUT2D eigenvalue weighted by molar-refractivity contribution is 5.99. The first kappa shape index (κ1) is 14.7. The van der Waals surface area contributed by atoms with Crippen LogP contribution in [0.1, 0.15) is 23.7 Å². The molecular weight excluding hydrogens is 254 g/mol. The summed E-state index contributed by atoms with van der Waals surface area (Å²) < 4.78 is 0. The summed E-state index contributed by atoms with van der Waals surface area (Å²) in [6.07, 6.45) is 4.36. The molecule has 1 aliphatic heterocycles. The number of piperazine rings is 1. The molecule has 0 spiro atoms. The fourth-order valence-electron chi connectivity index (χ4n) is 2.12. The van der Waals surface area contributed by atoms with E-state index in [4.69, 9.17) is 0 Å². The van der Waals surface area contributed by atoms with Crippen LogP contribution in [0.25, 0.3) is 0 Å². The van der Waals surface area contributed by atoms with E-state index in [1.54, 1.807) is 18.5 Å². The fourth-order valence-corrected chi connectivity index (χ4v) is 2.12. The van der Waals surface area contributed by atoms with E-state index in [1.165, 1.54) is 0 Å². The molecule has 110 valence electrons. The van der Waals surface area contributed by atoms with Crippen LogP contribution in [-0.2, 0) is 0 Å². The summed E-state index contributed by atoms with van der Waals surface area (Å²) in [5.74, 6) is -0.0736. The second kappa shape index (κ2) is 7.21. The number of hydrazine groups is 1. The number of hydrogen-bond acceptors (Lipinski definition) is 5. The molecule has 6 nitrogen and oxygen atoms in total. The molecule has 0 atom stereocenters. The molecule has 1 fully saturated rings. The van der Waals surface area contributed by atoms with E-state index in [1.807, 2.05) is 5.01 Å². The largest absolute Gasteiger partial charge is 0.383 e. The number of aromatic nitrogens is 1. The van der Waals surface area contributed by atoms with Gasteiger partial charge in [-0.05, 0) is 19.5 Å². The van der Waals surface area contributed by atoms with Crippen molar-refractivity contribution in [2.45, 2.75) is 13.3 Å². The van der Waals surface area contributed by atoms with Crippen molar-refractivity contribution in [2.24, 2.45) is 0 Å². The first-order valence-corrected chi connectivity index (χ1v) is 7.13. The molecule has 1 saturated heterocycles. The summed E-state index contributed by atoms with van der Waals surface area (Å²) in [7, 11) is 2.09. The molecule has 1 aliphatic rings. The zero-order chi connectivity index (χ0) is 14.4. The lowest BCUT2D eigenvalue weighted by atomic mass is 10.2. The Bertz CT molecular complexity index is 443. The zero-order valence-electron chi connectivity index (χ0n) is 12.2. The number of hydrogen-bond donors (Lipinski definition) is 2. The fraction of sp³-hybridized carbons (Fsp3) is 0.571. The van der Waals surface area contributed by atoms with Gasteiger partial charge in [-0.1, -0.05) is 6.92 Å². The van der Waals surface area contributed by atoms with Gasteiger partial charge in [0.05, 0.1) is 17.4 Å². The van der Waals surface area contributed by atoms with Crippen LogP contribution in [0.2, 0.25) is 0 Å². The molecule has 0 radical (unpaired) electrons. The van der Waals surface area contributed by atoms with Gasteiger partial charge in [-0.15, -0.1) is 0 Å². The zero-order valence-corrected chi connectivity index (χ0v) is 12.2. The second-order valence-corrected chi connectivity index (χ2v) is 5.08. The maximum atomic E-state index is 12.3. The molecule has 0 unspecified atom stereocenters. The third-order valence-electron chi connectivity index (χ3n) is 3.39. The monoisotopic (exact) mass is 277 g/mol. The molecule has 0 aliphatic carbocycles. The highest BCUT2D eigenvalue weighted by atomic mass is 16.2. The van der Waals surface area contributed by atoms with Gasteiger partial charge in [-0.2, -0.15) is 0 Å². The summed E-state index contributed by atoms with van der Waals surface area (Å²) in [6, 6.07) is 1.75. The van der Waals surface area contributed by atoms with E-state index in [0.717, 1.165) is 44.8 Å². The molecule has 1 amide bonds. The Balaban J connectivity index is 1.98. The summed E-state index contributed by atoms with van der Waals surface area (Å²) in [6.45, 7) is 6.57. The molecule has 0 bridgehead atoms. The number of carbonyl (C=O) groups excluding carboxylic acids is 1. The van der Waals surface area contributed by atoms with Crippen molar-refractivity contribution < 1.29 is 4.79 Å². The minimum atomic E-state index is -0.0736. The number of nitrogens with one attached hydrogen (secondary N) is 2. The lowest BCUT2D eigenvalue weighted by Gasteiger charge is -2.32. The Morgan fingerprint density at radius 1 is 1.35 bits per heavy atom. The van der Waals surface area contributed by atoms with Crippen LogP contribution in [0.5, 0.6) is 0 Å². The predicted octanol–water partition coefficient (Wildman–Crippen LogP) is 0.796. The van der Waals surface area contributed by atoms with E-state index < -0.39 is 0 Å². The second-order valence-electron chi connectivity index (χ2n) is 5.08. The maximum absolute atomic E-state index is 12.3. The van der Waals surface area contributed by atoms with Gasteiger partial charge in [0.1, 0.15) is 0 Å². The topological polar surface area (TPSA) is 60.5 Å². The number of anilines is 1. The third-order valence-corrected chi connectivity index (χ3v) is 3.39. The number of amides is 1. The van der Waals surface area contributed by atoms with Crippen molar-refractivity contribution in [1.82, 2.24) is 20.3 Å². The lowest BCUT2D eigenvalue weighted by molar-refractivity contribution is 0.0663. The van der Waals surface area contributed by atoms with Crippen molar-refractivity contribution in [3.05, 3.63) is 24.0 Å². The molecule has 6 heteroatoms. The normalized spacial score (nSPS) is 16.9. The number of carbonyl (C=O) groups is 1. The molecule has 0 aromatic carbocycles. The maximum Gasteiger partial charge on any atom is 0.267 e. The number of pyridine rings is 1. The minimum absolute atomic E-state index is 0.0736. The van der Waals surface area contributed by atoms with E-state index in [9.17, 15) is 4.79 Å². The highest BCUT2D eigenvalue weighted by Crippen LogP contribution is 2.13. The van der Waals surface area contributed by atoms with Crippen LogP contribution in [0.15, 0.2) is 18.5 Å². The summed E-state index contributed by atoms with van der Waals surface area (Å²) in [4.78, 5) is 18.7. The number of likely N-dealkylation sites (N-methyl/N-ethyl adjacent to an activating group) is 1. The SMILES string of the molecule is CCCNc1cnccc1C(=O)NN1CCN(C)CC1. The quantitative estimate of drug-likeness (QED) is 0.833. The van der Waals surface area contributed by atoms with E-state index >= 15 is 0 Å². The van der Waals surface area contributed by atoms with Gasteiger partial charge in [-0.25, -0.2) is 5.01 Å².